The van der Waals surface area contributed by atoms with E-state index in [4.69, 9.17) is 11.6 Å². The van der Waals surface area contributed by atoms with E-state index in [0.29, 0.717) is 17.1 Å². The van der Waals surface area contributed by atoms with Gasteiger partial charge in [0.25, 0.3) is 0 Å². The molecule has 1 atom stereocenters. The molecule has 0 spiro atoms. The van der Waals surface area contributed by atoms with E-state index in [-0.39, 0.29) is 0 Å². The zero-order chi connectivity index (χ0) is 14.7. The molecule has 0 aliphatic carbocycles. The highest BCUT2D eigenvalue weighted by molar-refractivity contribution is 6.31. The van der Waals surface area contributed by atoms with Crippen LogP contribution in [0.3, 0.4) is 0 Å². The lowest BCUT2D eigenvalue weighted by Gasteiger charge is -2.15. The Hall–Kier alpha value is -1.92. The quantitative estimate of drug-likeness (QED) is 0.877. The molecule has 0 saturated heterocycles. The van der Waals surface area contributed by atoms with Crippen LogP contribution in [-0.2, 0) is 18.4 Å². The van der Waals surface area contributed by atoms with E-state index in [1.165, 1.54) is 0 Å². The lowest BCUT2D eigenvalue weighted by molar-refractivity contribution is -0.139. The minimum absolute atomic E-state index is 0.363. The van der Waals surface area contributed by atoms with Gasteiger partial charge in [0, 0.05) is 18.6 Å². The Balaban J connectivity index is 2.17. The second-order valence-corrected chi connectivity index (χ2v) is 4.92. The predicted octanol–water partition coefficient (Wildman–Crippen LogP) is 1.69. The third-order valence-electron chi connectivity index (χ3n) is 3.06. The summed E-state index contributed by atoms with van der Waals surface area (Å²) in [6.07, 6.45) is 1.60. The molecule has 1 unspecified atom stereocenters. The van der Waals surface area contributed by atoms with E-state index in [1.807, 2.05) is 6.92 Å². The van der Waals surface area contributed by atoms with Crippen molar-refractivity contribution in [3.8, 4) is 0 Å². The molecule has 0 saturated carbocycles. The summed E-state index contributed by atoms with van der Waals surface area (Å²) in [7, 11) is 1.76. The minimum atomic E-state index is -0.943. The first-order chi connectivity index (χ1) is 9.49. The van der Waals surface area contributed by atoms with Gasteiger partial charge in [0.2, 0.25) is 0 Å². The molecular weight excluding hydrogens is 280 g/mol. The summed E-state index contributed by atoms with van der Waals surface area (Å²) in [5, 5.41) is 20.5. The van der Waals surface area contributed by atoms with Crippen LogP contribution in [0.1, 0.15) is 22.9 Å². The topological polar surface area (TPSA) is 80.0 Å². The van der Waals surface area contributed by atoms with Crippen LogP contribution >= 0.6 is 11.6 Å². The Morgan fingerprint density at radius 3 is 2.85 bits per heavy atom. The molecule has 0 fully saturated rings. The van der Waals surface area contributed by atoms with Gasteiger partial charge >= 0.3 is 5.97 Å². The second-order valence-electron chi connectivity index (χ2n) is 4.51. The summed E-state index contributed by atoms with van der Waals surface area (Å²) >= 11 is 5.96. The zero-order valence-electron chi connectivity index (χ0n) is 11.2. The van der Waals surface area contributed by atoms with Crippen molar-refractivity contribution in [1.29, 1.82) is 0 Å². The Kier molecular flexibility index (Phi) is 4.36. The normalized spacial score (nSPS) is 12.3. The fourth-order valence-electron chi connectivity index (χ4n) is 1.87. The van der Waals surface area contributed by atoms with Crippen LogP contribution in [-0.4, -0.2) is 26.1 Å². The fourth-order valence-corrected chi connectivity index (χ4v) is 1.99. The maximum atomic E-state index is 11.4. The Labute approximate surface area is 121 Å². The molecule has 2 N–H and O–H groups in total. The average molecular weight is 295 g/mol. The molecule has 2 rings (SSSR count). The Morgan fingerprint density at radius 2 is 2.30 bits per heavy atom. The van der Waals surface area contributed by atoms with Crippen molar-refractivity contribution in [2.75, 3.05) is 0 Å². The molecule has 106 valence electrons. The van der Waals surface area contributed by atoms with Crippen LogP contribution in [0.15, 0.2) is 24.4 Å². The first-order valence-electron chi connectivity index (χ1n) is 6.05. The number of carboxylic acids is 1. The lowest BCUT2D eigenvalue weighted by Crippen LogP contribution is -2.28. The molecule has 20 heavy (non-hydrogen) atoms. The van der Waals surface area contributed by atoms with E-state index in [0.717, 1.165) is 11.3 Å². The van der Waals surface area contributed by atoms with Gasteiger partial charge in [0.05, 0.1) is 11.9 Å². The number of hydrogen-bond donors (Lipinski definition) is 2. The van der Waals surface area contributed by atoms with Gasteiger partial charge in [-0.05, 0) is 24.1 Å². The summed E-state index contributed by atoms with van der Waals surface area (Å²) < 4.78 is 1.60. The predicted molar refractivity (Wildman–Crippen MR) is 74.4 cm³/mol. The fraction of sp³-hybridized carbons (Fsp3) is 0.308. The minimum Gasteiger partial charge on any atom is -0.480 e. The Morgan fingerprint density at radius 1 is 1.55 bits per heavy atom. The molecule has 0 aliphatic heterocycles. The largest absolute Gasteiger partial charge is 0.480 e. The monoisotopic (exact) mass is 294 g/mol. The first kappa shape index (κ1) is 14.5. The summed E-state index contributed by atoms with van der Waals surface area (Å²) in [6.45, 7) is 2.21. The number of aryl methyl sites for hydroxylation is 2. The van der Waals surface area contributed by atoms with Gasteiger partial charge in [0.1, 0.15) is 6.04 Å². The number of nitrogens with zero attached hydrogens (tertiary/aromatic N) is 3. The van der Waals surface area contributed by atoms with Gasteiger partial charge in [-0.25, -0.2) is 0 Å². The van der Waals surface area contributed by atoms with Crippen LogP contribution in [0, 0.1) is 6.92 Å². The van der Waals surface area contributed by atoms with Crippen LogP contribution in [0.5, 0.6) is 0 Å². The van der Waals surface area contributed by atoms with Crippen molar-refractivity contribution in [1.82, 2.24) is 20.3 Å². The van der Waals surface area contributed by atoms with Crippen LogP contribution in [0.4, 0.5) is 0 Å². The zero-order valence-corrected chi connectivity index (χ0v) is 11.9. The van der Waals surface area contributed by atoms with Gasteiger partial charge in [-0.15, -0.1) is 5.10 Å². The molecule has 2 aromatic rings. The molecule has 0 bridgehead atoms. The number of halogens is 1. The van der Waals surface area contributed by atoms with Gasteiger partial charge in [0.15, 0.2) is 0 Å². The smallest absolute Gasteiger partial charge is 0.325 e. The third-order valence-corrected chi connectivity index (χ3v) is 3.48. The number of carbonyl (C=O) groups is 1. The SMILES string of the molecule is Cc1cc(C(NCc2cnnn2C)C(=O)O)ccc1Cl. The highest BCUT2D eigenvalue weighted by Crippen LogP contribution is 2.21. The number of rotatable bonds is 5. The summed E-state index contributed by atoms with van der Waals surface area (Å²) in [5.74, 6) is -0.943. The van der Waals surface area contributed by atoms with Crippen molar-refractivity contribution in [3.63, 3.8) is 0 Å². The molecule has 1 aromatic carbocycles. The van der Waals surface area contributed by atoms with Gasteiger partial charge in [-0.2, -0.15) is 0 Å². The third kappa shape index (κ3) is 3.15. The molecule has 1 aromatic heterocycles. The van der Waals surface area contributed by atoms with Gasteiger partial charge < -0.3 is 5.11 Å². The molecule has 7 heteroatoms. The van der Waals surface area contributed by atoms with Crippen molar-refractivity contribution in [3.05, 3.63) is 46.2 Å². The molecule has 0 radical (unpaired) electrons. The number of benzene rings is 1. The lowest BCUT2D eigenvalue weighted by atomic mass is 10.0. The van der Waals surface area contributed by atoms with Gasteiger partial charge in [-0.3, -0.25) is 14.8 Å². The van der Waals surface area contributed by atoms with Crippen molar-refractivity contribution in [2.24, 2.45) is 7.05 Å². The highest BCUT2D eigenvalue weighted by Gasteiger charge is 2.20. The maximum Gasteiger partial charge on any atom is 0.325 e. The number of nitrogens with one attached hydrogen (secondary N) is 1. The van der Waals surface area contributed by atoms with Crippen LogP contribution in [0.25, 0.3) is 0 Å². The van der Waals surface area contributed by atoms with E-state index in [9.17, 15) is 9.90 Å². The summed E-state index contributed by atoms with van der Waals surface area (Å²) in [6, 6.07) is 4.38. The first-order valence-corrected chi connectivity index (χ1v) is 6.42. The van der Waals surface area contributed by atoms with Crippen molar-refractivity contribution >= 4 is 17.6 Å². The van der Waals surface area contributed by atoms with E-state index in [1.54, 1.807) is 36.1 Å². The van der Waals surface area contributed by atoms with Gasteiger partial charge in [-0.1, -0.05) is 28.9 Å². The number of carboxylic acid groups (broad SMARTS) is 1. The number of hydrogen-bond acceptors (Lipinski definition) is 4. The second kappa shape index (κ2) is 6.02. The molecule has 6 nitrogen and oxygen atoms in total. The highest BCUT2D eigenvalue weighted by atomic mass is 35.5. The molecule has 1 heterocycles. The number of aromatic nitrogens is 3. The maximum absolute atomic E-state index is 11.4. The van der Waals surface area contributed by atoms with Crippen molar-refractivity contribution < 1.29 is 9.90 Å². The molecular formula is C13H15ClN4O2. The molecule has 0 amide bonds. The van der Waals surface area contributed by atoms with Crippen LogP contribution in [0.2, 0.25) is 5.02 Å². The summed E-state index contributed by atoms with van der Waals surface area (Å²) in [5.41, 5.74) is 2.32. The van der Waals surface area contributed by atoms with E-state index >= 15 is 0 Å². The number of aliphatic carboxylic acids is 1. The standard InChI is InChI=1S/C13H15ClN4O2/c1-8-5-9(3-4-11(8)14)12(13(19)20)15-6-10-7-16-17-18(10)2/h3-5,7,12,15H,6H2,1-2H3,(H,19,20). The van der Waals surface area contributed by atoms with Crippen LogP contribution < -0.4 is 5.32 Å². The Bertz CT molecular complexity index is 627. The van der Waals surface area contributed by atoms with E-state index in [2.05, 4.69) is 15.6 Å². The van der Waals surface area contributed by atoms with E-state index < -0.39 is 12.0 Å². The average Bonchev–Trinajstić information content (AvgIpc) is 2.79. The molecule has 0 aliphatic rings. The van der Waals surface area contributed by atoms with Crippen molar-refractivity contribution in [2.45, 2.75) is 19.5 Å². The summed E-state index contributed by atoms with van der Waals surface area (Å²) in [4.78, 5) is 11.4.